The molecule has 0 saturated carbocycles. The van der Waals surface area contributed by atoms with Crippen molar-refractivity contribution in [3.63, 3.8) is 0 Å². The minimum absolute atomic E-state index is 0.152. The largest absolute Gasteiger partial charge is 0.480 e. The summed E-state index contributed by atoms with van der Waals surface area (Å²) >= 11 is 0. The number of hydrogen-bond acceptors (Lipinski definition) is 9. The number of anilines is 2. The van der Waals surface area contributed by atoms with Crippen LogP contribution in [0.4, 0.5) is 11.8 Å². The number of imidazole rings is 1. The molecule has 1 fully saturated rings. The van der Waals surface area contributed by atoms with Crippen molar-refractivity contribution in [1.82, 2.24) is 29.5 Å². The summed E-state index contributed by atoms with van der Waals surface area (Å²) in [6.45, 7) is 2.25. The number of morpholine rings is 1. The molecule has 0 bridgehead atoms. The highest BCUT2D eigenvalue weighted by Crippen LogP contribution is 2.27. The molecule has 11 nitrogen and oxygen atoms in total. The molecule has 0 amide bonds. The minimum Gasteiger partial charge on any atom is -0.480 e. The van der Waals surface area contributed by atoms with Crippen molar-refractivity contribution in [2.45, 2.75) is 6.54 Å². The van der Waals surface area contributed by atoms with Gasteiger partial charge >= 0.3 is 5.97 Å². The second-order valence-corrected chi connectivity index (χ2v) is 5.74. The van der Waals surface area contributed by atoms with Crippen molar-refractivity contribution in [1.29, 1.82) is 0 Å². The predicted molar refractivity (Wildman–Crippen MR) is 91.4 cm³/mol. The van der Waals surface area contributed by atoms with Gasteiger partial charge in [0.2, 0.25) is 5.95 Å². The van der Waals surface area contributed by atoms with Gasteiger partial charge in [0.1, 0.15) is 6.54 Å². The standard InChI is InChI=1S/C15H16N8O3/c16-15-17-5-9(6-18-15)12-20-13(22-1-3-26-4-2-22)11-14(21-12)23(8-19-11)7-10(24)25/h5-6,8H,1-4,7H2,(H,24,25)(H2,16,17,18). The summed E-state index contributed by atoms with van der Waals surface area (Å²) in [6, 6.07) is 0. The maximum atomic E-state index is 11.1. The number of hydrogen-bond donors (Lipinski definition) is 2. The number of aliphatic carboxylic acids is 1. The van der Waals surface area contributed by atoms with Crippen LogP contribution in [0.1, 0.15) is 0 Å². The fourth-order valence-electron chi connectivity index (χ4n) is 2.77. The zero-order valence-corrected chi connectivity index (χ0v) is 13.7. The van der Waals surface area contributed by atoms with Gasteiger partial charge in [-0.25, -0.2) is 24.9 Å². The molecule has 26 heavy (non-hydrogen) atoms. The van der Waals surface area contributed by atoms with E-state index in [2.05, 4.69) is 24.9 Å². The van der Waals surface area contributed by atoms with Crippen molar-refractivity contribution >= 4 is 28.9 Å². The molecule has 1 aliphatic heterocycles. The highest BCUT2D eigenvalue weighted by atomic mass is 16.5. The Balaban J connectivity index is 1.88. The third-order valence-corrected chi connectivity index (χ3v) is 3.99. The quantitative estimate of drug-likeness (QED) is 0.643. The van der Waals surface area contributed by atoms with Gasteiger partial charge in [-0.3, -0.25) is 4.79 Å². The Morgan fingerprint density at radius 2 is 1.92 bits per heavy atom. The van der Waals surface area contributed by atoms with E-state index >= 15 is 0 Å². The number of carbonyl (C=O) groups is 1. The molecular weight excluding hydrogens is 340 g/mol. The van der Waals surface area contributed by atoms with Crippen molar-refractivity contribution in [2.24, 2.45) is 0 Å². The SMILES string of the molecule is Nc1ncc(-c2nc(N3CCOCC3)c3ncn(CC(=O)O)c3n2)cn1. The lowest BCUT2D eigenvalue weighted by Crippen LogP contribution is -2.37. The smallest absolute Gasteiger partial charge is 0.323 e. The van der Waals surface area contributed by atoms with Crippen LogP contribution >= 0.6 is 0 Å². The molecule has 0 radical (unpaired) electrons. The van der Waals surface area contributed by atoms with E-state index in [0.29, 0.717) is 54.7 Å². The van der Waals surface area contributed by atoms with Crippen molar-refractivity contribution in [3.8, 4) is 11.4 Å². The monoisotopic (exact) mass is 356 g/mol. The number of aromatic nitrogens is 6. The second kappa shape index (κ2) is 6.52. The summed E-state index contributed by atoms with van der Waals surface area (Å²) in [7, 11) is 0. The number of ether oxygens (including phenoxy) is 1. The van der Waals surface area contributed by atoms with Crippen LogP contribution in [0, 0.1) is 0 Å². The molecule has 1 saturated heterocycles. The van der Waals surface area contributed by atoms with Gasteiger partial charge in [0.05, 0.1) is 25.1 Å². The molecule has 3 aromatic rings. The first-order valence-electron chi connectivity index (χ1n) is 7.97. The lowest BCUT2D eigenvalue weighted by Gasteiger charge is -2.28. The van der Waals surface area contributed by atoms with Gasteiger partial charge in [0, 0.05) is 25.5 Å². The van der Waals surface area contributed by atoms with E-state index in [1.54, 1.807) is 0 Å². The summed E-state index contributed by atoms with van der Waals surface area (Å²) in [6.07, 6.45) is 4.52. The minimum atomic E-state index is -0.979. The van der Waals surface area contributed by atoms with Crippen LogP contribution in [0.3, 0.4) is 0 Å². The normalized spacial score (nSPS) is 14.7. The molecule has 11 heteroatoms. The van der Waals surface area contributed by atoms with E-state index in [1.807, 2.05) is 4.90 Å². The fourth-order valence-corrected chi connectivity index (χ4v) is 2.77. The zero-order valence-electron chi connectivity index (χ0n) is 13.7. The van der Waals surface area contributed by atoms with E-state index in [4.69, 9.17) is 15.6 Å². The lowest BCUT2D eigenvalue weighted by molar-refractivity contribution is -0.137. The van der Waals surface area contributed by atoms with Gasteiger partial charge < -0.3 is 25.0 Å². The van der Waals surface area contributed by atoms with Crippen LogP contribution in [0.25, 0.3) is 22.6 Å². The fraction of sp³-hybridized carbons (Fsp3) is 0.333. The molecule has 4 heterocycles. The maximum absolute atomic E-state index is 11.1. The molecule has 134 valence electrons. The Hall–Kier alpha value is -3.34. The second-order valence-electron chi connectivity index (χ2n) is 5.74. The Kier molecular flexibility index (Phi) is 4.05. The summed E-state index contributed by atoms with van der Waals surface area (Å²) in [4.78, 5) is 34.6. The first kappa shape index (κ1) is 16.1. The highest BCUT2D eigenvalue weighted by molar-refractivity contribution is 5.86. The van der Waals surface area contributed by atoms with Crippen LogP contribution in [-0.2, 0) is 16.1 Å². The Morgan fingerprint density at radius 1 is 1.19 bits per heavy atom. The van der Waals surface area contributed by atoms with Gasteiger partial charge in [-0.05, 0) is 0 Å². The predicted octanol–water partition coefficient (Wildman–Crippen LogP) is -0.213. The van der Waals surface area contributed by atoms with Crippen LogP contribution < -0.4 is 10.6 Å². The molecule has 4 rings (SSSR count). The van der Waals surface area contributed by atoms with Gasteiger partial charge in [0.25, 0.3) is 0 Å². The molecule has 0 spiro atoms. The number of carboxylic acids is 1. The van der Waals surface area contributed by atoms with Crippen molar-refractivity contribution in [3.05, 3.63) is 18.7 Å². The van der Waals surface area contributed by atoms with Crippen LogP contribution in [0.2, 0.25) is 0 Å². The average Bonchev–Trinajstić information content (AvgIpc) is 3.04. The first-order valence-corrected chi connectivity index (χ1v) is 7.97. The van der Waals surface area contributed by atoms with Crippen molar-refractivity contribution < 1.29 is 14.6 Å². The summed E-state index contributed by atoms with van der Waals surface area (Å²) in [5.74, 6) is 0.188. The molecule has 0 aliphatic carbocycles. The number of nitrogens with two attached hydrogens (primary N) is 1. The van der Waals surface area contributed by atoms with E-state index in [1.165, 1.54) is 23.3 Å². The number of nitrogen functional groups attached to an aromatic ring is 1. The maximum Gasteiger partial charge on any atom is 0.323 e. The van der Waals surface area contributed by atoms with Gasteiger partial charge in [0.15, 0.2) is 22.8 Å². The molecule has 1 aliphatic rings. The first-order chi connectivity index (χ1) is 12.6. The number of rotatable bonds is 4. The number of fused-ring (bicyclic) bond motifs is 1. The molecule has 3 aromatic heterocycles. The number of nitrogens with zero attached hydrogens (tertiary/aromatic N) is 7. The Bertz CT molecular complexity index is 949. The van der Waals surface area contributed by atoms with E-state index < -0.39 is 5.97 Å². The molecular formula is C15H16N8O3. The van der Waals surface area contributed by atoms with Gasteiger partial charge in [-0.2, -0.15) is 0 Å². The highest BCUT2D eigenvalue weighted by Gasteiger charge is 2.21. The molecule has 3 N–H and O–H groups in total. The number of carboxylic acid groups (broad SMARTS) is 1. The molecule has 0 unspecified atom stereocenters. The molecule has 0 atom stereocenters. The third kappa shape index (κ3) is 2.99. The summed E-state index contributed by atoms with van der Waals surface area (Å²) in [5.41, 5.74) is 7.11. The van der Waals surface area contributed by atoms with E-state index in [9.17, 15) is 4.79 Å². The topological polar surface area (TPSA) is 145 Å². The lowest BCUT2D eigenvalue weighted by atomic mass is 10.3. The van der Waals surface area contributed by atoms with Crippen LogP contribution in [-0.4, -0.2) is 66.9 Å². The Morgan fingerprint density at radius 3 is 2.62 bits per heavy atom. The van der Waals surface area contributed by atoms with Crippen LogP contribution in [0.5, 0.6) is 0 Å². The molecule has 0 aromatic carbocycles. The Labute approximate surface area is 147 Å². The van der Waals surface area contributed by atoms with Crippen LogP contribution in [0.15, 0.2) is 18.7 Å². The van der Waals surface area contributed by atoms with Crippen molar-refractivity contribution in [2.75, 3.05) is 36.9 Å². The van der Waals surface area contributed by atoms with Gasteiger partial charge in [-0.15, -0.1) is 0 Å². The summed E-state index contributed by atoms with van der Waals surface area (Å²) in [5, 5.41) is 9.13. The van der Waals surface area contributed by atoms with E-state index in [0.717, 1.165) is 0 Å². The average molecular weight is 356 g/mol. The zero-order chi connectivity index (χ0) is 18.1. The summed E-state index contributed by atoms with van der Waals surface area (Å²) < 4.78 is 6.87. The van der Waals surface area contributed by atoms with Gasteiger partial charge in [-0.1, -0.05) is 0 Å². The third-order valence-electron chi connectivity index (χ3n) is 3.99. The van der Waals surface area contributed by atoms with E-state index in [-0.39, 0.29) is 12.5 Å².